The number of nitrogens with zero attached hydrogens (tertiary/aromatic N) is 5. The minimum Gasteiger partial charge on any atom is -0.355 e. The van der Waals surface area contributed by atoms with E-state index in [9.17, 15) is 10.1 Å². The van der Waals surface area contributed by atoms with Crippen LogP contribution < -0.4 is 15.1 Å². The second kappa shape index (κ2) is 6.45. The van der Waals surface area contributed by atoms with Crippen molar-refractivity contribution in [3.05, 3.63) is 35.5 Å². The Morgan fingerprint density at radius 3 is 2.79 bits per heavy atom. The van der Waals surface area contributed by atoms with E-state index < -0.39 is 0 Å². The van der Waals surface area contributed by atoms with E-state index in [1.807, 2.05) is 12.3 Å². The Bertz CT molecular complexity index is 1040. The molecule has 1 N–H and O–H groups in total. The van der Waals surface area contributed by atoms with Gasteiger partial charge in [-0.2, -0.15) is 5.26 Å². The summed E-state index contributed by atoms with van der Waals surface area (Å²) >= 11 is 0. The van der Waals surface area contributed by atoms with Gasteiger partial charge in [-0.25, -0.2) is 9.97 Å². The molecular weight excluding hydrogens is 364 g/mol. The van der Waals surface area contributed by atoms with E-state index in [1.165, 1.54) is 12.5 Å². The molecule has 1 aliphatic carbocycles. The first kappa shape index (κ1) is 17.9. The van der Waals surface area contributed by atoms with Gasteiger partial charge in [-0.3, -0.25) is 4.79 Å². The van der Waals surface area contributed by atoms with Crippen LogP contribution in [0.2, 0.25) is 0 Å². The average molecular weight is 388 g/mol. The molecule has 2 aromatic rings. The van der Waals surface area contributed by atoms with Gasteiger partial charge in [0.05, 0.1) is 17.7 Å². The first-order chi connectivity index (χ1) is 14.0. The van der Waals surface area contributed by atoms with Gasteiger partial charge in [0, 0.05) is 49.8 Å². The van der Waals surface area contributed by atoms with Crippen LogP contribution in [0, 0.1) is 24.2 Å². The Hall–Kier alpha value is -3.14. The summed E-state index contributed by atoms with van der Waals surface area (Å²) in [6, 6.07) is 8.56. The number of amides is 1. The standard InChI is InChI=1S/C22H24N6O/c1-14-7-20(27-6-3-16(10-23)12-27)26-21(8-14)28-13-22(4-5-22)17-11-24-19(9-18(17)28)25-15(2)29/h7-9,11,16H,3-6,12-13H2,1-2H3,(H,24,25,29)/t16-/m1/s1. The monoisotopic (exact) mass is 388 g/mol. The van der Waals surface area contributed by atoms with Gasteiger partial charge in [0.2, 0.25) is 5.91 Å². The van der Waals surface area contributed by atoms with Crippen LogP contribution in [-0.4, -0.2) is 35.5 Å². The third kappa shape index (κ3) is 3.09. The summed E-state index contributed by atoms with van der Waals surface area (Å²) in [6.45, 7) is 6.08. The van der Waals surface area contributed by atoms with Crippen molar-refractivity contribution in [1.29, 1.82) is 5.26 Å². The molecule has 3 aliphatic rings. The summed E-state index contributed by atoms with van der Waals surface area (Å²) in [5, 5.41) is 12.0. The second-order valence-electron chi connectivity index (χ2n) is 8.56. The Balaban J connectivity index is 1.52. The molecular formula is C22H24N6O. The normalized spacial score (nSPS) is 21.2. The highest BCUT2D eigenvalue weighted by molar-refractivity contribution is 5.89. The fraction of sp³-hybridized carbons (Fsp3) is 0.455. The number of carbonyl (C=O) groups excluding carboxylic acids is 1. The van der Waals surface area contributed by atoms with E-state index in [0.29, 0.717) is 5.82 Å². The highest BCUT2D eigenvalue weighted by atomic mass is 16.1. The number of anilines is 4. The maximum Gasteiger partial charge on any atom is 0.222 e. The molecule has 0 bridgehead atoms. The molecule has 148 valence electrons. The summed E-state index contributed by atoms with van der Waals surface area (Å²) in [4.78, 5) is 25.4. The quantitative estimate of drug-likeness (QED) is 0.869. The third-order valence-electron chi connectivity index (χ3n) is 6.28. The lowest BCUT2D eigenvalue weighted by Gasteiger charge is -2.23. The number of carbonyl (C=O) groups is 1. The molecule has 1 atom stereocenters. The number of nitrogens with one attached hydrogen (secondary N) is 1. The molecule has 0 unspecified atom stereocenters. The van der Waals surface area contributed by atoms with Crippen molar-refractivity contribution in [1.82, 2.24) is 9.97 Å². The molecule has 0 radical (unpaired) electrons. The molecule has 2 aromatic heterocycles. The first-order valence-corrected chi connectivity index (χ1v) is 10.2. The number of fused-ring (bicyclic) bond motifs is 2. The van der Waals surface area contributed by atoms with Gasteiger partial charge in [0.15, 0.2) is 0 Å². The lowest BCUT2D eigenvalue weighted by Crippen LogP contribution is -2.24. The molecule has 1 saturated heterocycles. The average Bonchev–Trinajstić information content (AvgIpc) is 3.18. The van der Waals surface area contributed by atoms with E-state index in [0.717, 1.165) is 61.8 Å². The van der Waals surface area contributed by atoms with Crippen molar-refractivity contribution < 1.29 is 4.79 Å². The Morgan fingerprint density at radius 1 is 1.31 bits per heavy atom. The van der Waals surface area contributed by atoms with Crippen molar-refractivity contribution >= 4 is 29.0 Å². The van der Waals surface area contributed by atoms with Crippen LogP contribution >= 0.6 is 0 Å². The Kier molecular flexibility index (Phi) is 3.98. The molecule has 2 fully saturated rings. The van der Waals surface area contributed by atoms with Crippen LogP contribution in [-0.2, 0) is 10.2 Å². The van der Waals surface area contributed by atoms with Crippen molar-refractivity contribution in [3.63, 3.8) is 0 Å². The van der Waals surface area contributed by atoms with Gasteiger partial charge in [0.25, 0.3) is 0 Å². The van der Waals surface area contributed by atoms with E-state index in [-0.39, 0.29) is 17.2 Å². The summed E-state index contributed by atoms with van der Waals surface area (Å²) in [7, 11) is 0. The fourth-order valence-corrected chi connectivity index (χ4v) is 4.59. The van der Waals surface area contributed by atoms with Crippen LogP contribution in [0.1, 0.15) is 37.3 Å². The summed E-state index contributed by atoms with van der Waals surface area (Å²) < 4.78 is 0. The molecule has 1 amide bonds. The minimum atomic E-state index is -0.125. The van der Waals surface area contributed by atoms with E-state index in [4.69, 9.17) is 4.98 Å². The smallest absolute Gasteiger partial charge is 0.222 e. The number of hydrogen-bond acceptors (Lipinski definition) is 6. The number of aromatic nitrogens is 2. The molecule has 5 rings (SSSR count). The lowest BCUT2D eigenvalue weighted by molar-refractivity contribution is -0.114. The maximum absolute atomic E-state index is 11.5. The van der Waals surface area contributed by atoms with Gasteiger partial charge in [-0.15, -0.1) is 0 Å². The van der Waals surface area contributed by atoms with Gasteiger partial charge >= 0.3 is 0 Å². The van der Waals surface area contributed by atoms with Crippen molar-refractivity contribution in [2.45, 2.75) is 38.5 Å². The predicted molar refractivity (Wildman–Crippen MR) is 111 cm³/mol. The molecule has 1 saturated carbocycles. The molecule has 7 heteroatoms. The van der Waals surface area contributed by atoms with Crippen LogP contribution in [0.5, 0.6) is 0 Å². The molecule has 2 aliphatic heterocycles. The van der Waals surface area contributed by atoms with Crippen LogP contribution in [0.3, 0.4) is 0 Å². The van der Waals surface area contributed by atoms with Crippen molar-refractivity contribution in [2.75, 3.05) is 34.8 Å². The zero-order chi connectivity index (χ0) is 20.2. The Labute approximate surface area is 170 Å². The Morgan fingerprint density at radius 2 is 2.10 bits per heavy atom. The number of hydrogen-bond donors (Lipinski definition) is 1. The fourth-order valence-electron chi connectivity index (χ4n) is 4.59. The highest BCUT2D eigenvalue weighted by Gasteiger charge is 2.52. The number of aryl methyl sites for hydroxylation is 1. The maximum atomic E-state index is 11.5. The predicted octanol–water partition coefficient (Wildman–Crippen LogP) is 3.28. The van der Waals surface area contributed by atoms with Gasteiger partial charge in [0.1, 0.15) is 17.5 Å². The number of rotatable bonds is 3. The highest BCUT2D eigenvalue weighted by Crippen LogP contribution is 2.58. The van der Waals surface area contributed by atoms with E-state index >= 15 is 0 Å². The number of pyridine rings is 2. The summed E-state index contributed by atoms with van der Waals surface area (Å²) in [5.41, 5.74) is 3.66. The topological polar surface area (TPSA) is 85.2 Å². The molecule has 29 heavy (non-hydrogen) atoms. The molecule has 4 heterocycles. The van der Waals surface area contributed by atoms with Crippen LogP contribution in [0.4, 0.5) is 23.1 Å². The number of nitriles is 1. The van der Waals surface area contributed by atoms with Gasteiger partial charge in [-0.05, 0) is 43.9 Å². The van der Waals surface area contributed by atoms with Gasteiger partial charge in [-0.1, -0.05) is 0 Å². The molecule has 7 nitrogen and oxygen atoms in total. The van der Waals surface area contributed by atoms with Gasteiger partial charge < -0.3 is 15.1 Å². The van der Waals surface area contributed by atoms with Crippen LogP contribution in [0.25, 0.3) is 0 Å². The van der Waals surface area contributed by atoms with Crippen molar-refractivity contribution in [3.8, 4) is 6.07 Å². The second-order valence-corrected chi connectivity index (χ2v) is 8.56. The van der Waals surface area contributed by atoms with Crippen molar-refractivity contribution in [2.24, 2.45) is 5.92 Å². The van der Waals surface area contributed by atoms with Crippen LogP contribution in [0.15, 0.2) is 24.4 Å². The zero-order valence-corrected chi connectivity index (χ0v) is 16.8. The van der Waals surface area contributed by atoms with E-state index in [1.54, 1.807) is 0 Å². The molecule has 0 aromatic carbocycles. The summed E-state index contributed by atoms with van der Waals surface area (Å²) in [6.07, 6.45) is 5.13. The third-order valence-corrected chi connectivity index (χ3v) is 6.28. The zero-order valence-electron chi connectivity index (χ0n) is 16.8. The SMILES string of the molecule is CC(=O)Nc1cc2c(cn1)C1(CC1)CN2c1cc(C)cc(N2CC[C@H](C#N)C2)n1. The lowest BCUT2D eigenvalue weighted by atomic mass is 10.0. The molecule has 1 spiro atoms. The minimum absolute atomic E-state index is 0.0781. The first-order valence-electron chi connectivity index (χ1n) is 10.2. The summed E-state index contributed by atoms with van der Waals surface area (Å²) in [5.74, 6) is 2.38. The van der Waals surface area contributed by atoms with E-state index in [2.05, 4.69) is 45.2 Å². The largest absolute Gasteiger partial charge is 0.355 e.